The molecule has 0 bridgehead atoms. The first-order valence-electron chi connectivity index (χ1n) is 32.3. The molecule has 0 radical (unpaired) electrons. The van der Waals surface area contributed by atoms with Crippen LogP contribution in [0.3, 0.4) is 0 Å². The van der Waals surface area contributed by atoms with Crippen molar-refractivity contribution in [1.82, 2.24) is 0 Å². The summed E-state index contributed by atoms with van der Waals surface area (Å²) in [4.78, 5) is 38.0. The molecule has 0 aliphatic carbocycles. The zero-order chi connectivity index (χ0) is 52.2. The molecular formula is C66H124O6. The van der Waals surface area contributed by atoms with Crippen LogP contribution in [0.4, 0.5) is 0 Å². The van der Waals surface area contributed by atoms with Crippen molar-refractivity contribution in [3.8, 4) is 0 Å². The van der Waals surface area contributed by atoms with Crippen molar-refractivity contribution in [3.05, 3.63) is 24.3 Å². The van der Waals surface area contributed by atoms with Gasteiger partial charge in [-0.3, -0.25) is 14.4 Å². The maximum Gasteiger partial charge on any atom is 0.306 e. The van der Waals surface area contributed by atoms with Gasteiger partial charge in [0.1, 0.15) is 13.2 Å². The Labute approximate surface area is 449 Å². The Balaban J connectivity index is 3.95. The summed E-state index contributed by atoms with van der Waals surface area (Å²) in [6.45, 7) is 6.66. The van der Waals surface area contributed by atoms with Crippen molar-refractivity contribution < 1.29 is 28.6 Å². The lowest BCUT2D eigenvalue weighted by atomic mass is 10.0. The van der Waals surface area contributed by atoms with Gasteiger partial charge in [0, 0.05) is 19.3 Å². The number of rotatable bonds is 60. The zero-order valence-corrected chi connectivity index (χ0v) is 48.7. The molecule has 0 aromatic heterocycles. The molecule has 0 saturated carbocycles. The van der Waals surface area contributed by atoms with Gasteiger partial charge in [0.05, 0.1) is 0 Å². The van der Waals surface area contributed by atoms with E-state index in [0.717, 1.165) is 64.2 Å². The quantitative estimate of drug-likeness (QED) is 0.0261. The molecule has 6 heteroatoms. The minimum atomic E-state index is -0.762. The topological polar surface area (TPSA) is 78.9 Å². The van der Waals surface area contributed by atoms with Gasteiger partial charge in [0.15, 0.2) is 6.10 Å². The van der Waals surface area contributed by atoms with Crippen LogP contribution in [-0.4, -0.2) is 37.2 Å². The third-order valence-electron chi connectivity index (χ3n) is 14.7. The molecule has 0 fully saturated rings. The Morgan fingerprint density at radius 2 is 0.500 bits per heavy atom. The van der Waals surface area contributed by atoms with Crippen LogP contribution in [0.2, 0.25) is 0 Å². The lowest BCUT2D eigenvalue weighted by Crippen LogP contribution is -2.30. The average Bonchev–Trinajstić information content (AvgIpc) is 3.38. The first-order chi connectivity index (χ1) is 35.5. The molecule has 0 spiro atoms. The molecule has 72 heavy (non-hydrogen) atoms. The molecule has 0 N–H and O–H groups in total. The molecule has 0 heterocycles. The standard InChI is InChI=1S/C66H124O6/c1-4-7-10-13-16-19-21-23-24-25-26-27-28-29-30-31-32-33-34-35-36-37-38-39-40-41-42-43-45-47-50-53-56-59-65(68)71-62-63(61-70-64(67)58-55-52-49-46-18-15-12-9-6-3)72-66(69)60-57-54-51-48-44-22-20-17-14-11-8-5-2/h21,23,25-26,63H,4-20,22,24,27-62H2,1-3H3/b23-21-,26-25-. The van der Waals surface area contributed by atoms with Crippen LogP contribution < -0.4 is 0 Å². The predicted molar refractivity (Wildman–Crippen MR) is 312 cm³/mol. The highest BCUT2D eigenvalue weighted by molar-refractivity contribution is 5.71. The van der Waals surface area contributed by atoms with Crippen molar-refractivity contribution >= 4 is 17.9 Å². The van der Waals surface area contributed by atoms with E-state index in [9.17, 15) is 14.4 Å². The Hall–Kier alpha value is -2.11. The largest absolute Gasteiger partial charge is 0.462 e. The van der Waals surface area contributed by atoms with E-state index in [2.05, 4.69) is 45.1 Å². The van der Waals surface area contributed by atoms with Gasteiger partial charge in [0.2, 0.25) is 0 Å². The van der Waals surface area contributed by atoms with Crippen molar-refractivity contribution in [3.63, 3.8) is 0 Å². The SMILES string of the molecule is CCCCCCC/C=C\C/C=C\CCCCCCCCCCCCCCCCCCCCCCCC(=O)OCC(COC(=O)CCCCCCCCCCC)OC(=O)CCCCCCCCCCCCCC. The van der Waals surface area contributed by atoms with E-state index in [-0.39, 0.29) is 31.1 Å². The fraction of sp³-hybridized carbons (Fsp3) is 0.894. The Morgan fingerprint density at radius 1 is 0.278 bits per heavy atom. The minimum Gasteiger partial charge on any atom is -0.462 e. The summed E-state index contributed by atoms with van der Waals surface area (Å²) >= 11 is 0. The minimum absolute atomic E-state index is 0.0639. The van der Waals surface area contributed by atoms with Crippen LogP contribution in [0, 0.1) is 0 Å². The molecule has 0 aliphatic rings. The van der Waals surface area contributed by atoms with Gasteiger partial charge in [-0.2, -0.15) is 0 Å². The summed E-state index contributed by atoms with van der Waals surface area (Å²) < 4.78 is 16.8. The number of hydrogen-bond donors (Lipinski definition) is 0. The van der Waals surface area contributed by atoms with E-state index >= 15 is 0 Å². The second-order valence-corrected chi connectivity index (χ2v) is 22.0. The Morgan fingerprint density at radius 3 is 0.764 bits per heavy atom. The number of ether oxygens (including phenoxy) is 3. The Kier molecular flexibility index (Phi) is 59.6. The summed E-state index contributed by atoms with van der Waals surface area (Å²) in [6.07, 6.45) is 73.6. The average molecular weight is 1010 g/mol. The highest BCUT2D eigenvalue weighted by Crippen LogP contribution is 2.18. The van der Waals surface area contributed by atoms with Crippen LogP contribution in [0.15, 0.2) is 24.3 Å². The first kappa shape index (κ1) is 69.9. The van der Waals surface area contributed by atoms with Crippen LogP contribution in [0.5, 0.6) is 0 Å². The van der Waals surface area contributed by atoms with Crippen molar-refractivity contribution in [2.24, 2.45) is 0 Å². The molecule has 0 saturated heterocycles. The van der Waals surface area contributed by atoms with E-state index in [1.54, 1.807) is 0 Å². The zero-order valence-electron chi connectivity index (χ0n) is 48.7. The van der Waals surface area contributed by atoms with Crippen LogP contribution in [0.25, 0.3) is 0 Å². The molecule has 0 aliphatic heterocycles. The van der Waals surface area contributed by atoms with Gasteiger partial charge in [-0.25, -0.2) is 0 Å². The summed E-state index contributed by atoms with van der Waals surface area (Å²) in [6, 6.07) is 0. The number of unbranched alkanes of at least 4 members (excludes halogenated alkanes) is 45. The number of carbonyl (C=O) groups is 3. The normalized spacial score (nSPS) is 12.1. The number of esters is 3. The highest BCUT2D eigenvalue weighted by Gasteiger charge is 2.19. The fourth-order valence-electron chi connectivity index (χ4n) is 9.83. The summed E-state index contributed by atoms with van der Waals surface area (Å²) in [5, 5.41) is 0. The van der Waals surface area contributed by atoms with Crippen LogP contribution in [-0.2, 0) is 28.6 Å². The smallest absolute Gasteiger partial charge is 0.306 e. The van der Waals surface area contributed by atoms with E-state index in [1.807, 2.05) is 0 Å². The monoisotopic (exact) mass is 1010 g/mol. The number of hydrogen-bond acceptors (Lipinski definition) is 6. The van der Waals surface area contributed by atoms with Crippen molar-refractivity contribution in [2.45, 2.75) is 367 Å². The molecule has 1 unspecified atom stereocenters. The lowest BCUT2D eigenvalue weighted by Gasteiger charge is -2.18. The maximum absolute atomic E-state index is 12.8. The summed E-state index contributed by atoms with van der Waals surface area (Å²) in [7, 11) is 0. The van der Waals surface area contributed by atoms with Gasteiger partial charge in [-0.05, 0) is 51.4 Å². The van der Waals surface area contributed by atoms with E-state index in [4.69, 9.17) is 14.2 Å². The van der Waals surface area contributed by atoms with Crippen molar-refractivity contribution in [1.29, 1.82) is 0 Å². The third kappa shape index (κ3) is 58.8. The number of carbonyl (C=O) groups excluding carboxylic acids is 3. The molecular weight excluding hydrogens is 889 g/mol. The molecule has 6 nitrogen and oxygen atoms in total. The Bertz CT molecular complexity index is 1160. The van der Waals surface area contributed by atoms with Gasteiger partial charge in [-0.15, -0.1) is 0 Å². The first-order valence-corrected chi connectivity index (χ1v) is 32.3. The van der Waals surface area contributed by atoms with Gasteiger partial charge < -0.3 is 14.2 Å². The van der Waals surface area contributed by atoms with Crippen LogP contribution >= 0.6 is 0 Å². The predicted octanol–water partition coefficient (Wildman–Crippen LogP) is 21.8. The molecule has 0 rings (SSSR count). The maximum atomic E-state index is 12.8. The molecule has 0 aromatic carbocycles. The van der Waals surface area contributed by atoms with Crippen LogP contribution in [0.1, 0.15) is 361 Å². The second kappa shape index (κ2) is 61.4. The fourth-order valence-corrected chi connectivity index (χ4v) is 9.83. The van der Waals surface area contributed by atoms with Crippen molar-refractivity contribution in [2.75, 3.05) is 13.2 Å². The number of allylic oxidation sites excluding steroid dienone is 4. The molecule has 0 amide bonds. The van der Waals surface area contributed by atoms with Gasteiger partial charge in [0.25, 0.3) is 0 Å². The third-order valence-corrected chi connectivity index (χ3v) is 14.7. The van der Waals surface area contributed by atoms with Gasteiger partial charge >= 0.3 is 17.9 Å². The summed E-state index contributed by atoms with van der Waals surface area (Å²) in [5.74, 6) is -0.843. The second-order valence-electron chi connectivity index (χ2n) is 22.0. The molecule has 1 atom stereocenters. The van der Waals surface area contributed by atoms with Gasteiger partial charge in [-0.1, -0.05) is 315 Å². The lowest BCUT2D eigenvalue weighted by molar-refractivity contribution is -0.167. The van der Waals surface area contributed by atoms with E-state index in [0.29, 0.717) is 19.3 Å². The highest BCUT2D eigenvalue weighted by atomic mass is 16.6. The summed E-state index contributed by atoms with van der Waals surface area (Å²) in [5.41, 5.74) is 0. The van der Waals surface area contributed by atoms with E-state index < -0.39 is 6.10 Å². The van der Waals surface area contributed by atoms with E-state index in [1.165, 1.54) is 257 Å². The molecule has 424 valence electrons. The molecule has 0 aromatic rings.